The third-order valence-electron chi connectivity index (χ3n) is 6.04. The minimum Gasteiger partial charge on any atom is -0.494 e. The molecule has 0 saturated carbocycles. The van der Waals surface area contributed by atoms with Gasteiger partial charge >= 0.3 is 5.97 Å². The predicted molar refractivity (Wildman–Crippen MR) is 135 cm³/mol. The van der Waals surface area contributed by atoms with Gasteiger partial charge in [0.25, 0.3) is 0 Å². The molecule has 7 nitrogen and oxygen atoms in total. The molecular formula is C26H29BrN4O3. The third kappa shape index (κ3) is 5.93. The molecular weight excluding hydrogens is 496 g/mol. The Morgan fingerprint density at radius 2 is 1.91 bits per heavy atom. The number of hydrogen-bond donors (Lipinski definition) is 2. The maximum absolute atomic E-state index is 11.8. The van der Waals surface area contributed by atoms with Gasteiger partial charge in [-0.05, 0) is 74.0 Å². The Balaban J connectivity index is 1.50. The van der Waals surface area contributed by atoms with Crippen LogP contribution in [0.4, 0.5) is 5.95 Å². The summed E-state index contributed by atoms with van der Waals surface area (Å²) in [6.45, 7) is 2.05. The number of nitrogens with two attached hydrogens (primary N) is 1. The number of rotatable bonds is 10. The lowest BCUT2D eigenvalue weighted by atomic mass is 10.0. The zero-order valence-electron chi connectivity index (χ0n) is 19.0. The molecule has 1 aromatic heterocycles. The van der Waals surface area contributed by atoms with Gasteiger partial charge in [0.15, 0.2) is 0 Å². The molecule has 0 amide bonds. The van der Waals surface area contributed by atoms with Crippen LogP contribution >= 0.6 is 15.9 Å². The quantitative estimate of drug-likeness (QED) is 0.367. The molecule has 4 rings (SSSR count). The number of nitrogens with zero attached hydrogens (tertiary/aromatic N) is 3. The standard InChI is InChI=1S/C26H29BrN4O3/c27-20-9-7-19(8-10-20)24-3-1-15-31(24)26-29-17-22(25(32)33)23(30-26)13-6-18-4-11-21(12-5-18)34-16-2-14-28/h4-5,7-12,17,24H,1-3,6,13-16,28H2,(H,32,33)/t24-/m1/s1. The fraction of sp³-hybridized carbons (Fsp3) is 0.346. The number of hydrogen-bond acceptors (Lipinski definition) is 6. The van der Waals surface area contributed by atoms with Crippen LogP contribution < -0.4 is 15.4 Å². The summed E-state index contributed by atoms with van der Waals surface area (Å²) >= 11 is 3.49. The van der Waals surface area contributed by atoms with Crippen LogP contribution in [0.3, 0.4) is 0 Å². The van der Waals surface area contributed by atoms with Crippen molar-refractivity contribution in [3.05, 3.63) is 81.6 Å². The lowest BCUT2D eigenvalue weighted by molar-refractivity contribution is 0.0694. The van der Waals surface area contributed by atoms with E-state index in [9.17, 15) is 9.90 Å². The molecule has 178 valence electrons. The van der Waals surface area contributed by atoms with Crippen molar-refractivity contribution in [2.75, 3.05) is 24.6 Å². The van der Waals surface area contributed by atoms with E-state index in [4.69, 9.17) is 15.5 Å². The largest absolute Gasteiger partial charge is 0.494 e. The molecule has 0 unspecified atom stereocenters. The number of ether oxygens (including phenoxy) is 1. The van der Waals surface area contributed by atoms with Crippen LogP contribution in [0.25, 0.3) is 0 Å². The van der Waals surface area contributed by atoms with Gasteiger partial charge in [0, 0.05) is 17.2 Å². The lowest BCUT2D eigenvalue weighted by Gasteiger charge is -2.25. The molecule has 0 radical (unpaired) electrons. The molecule has 0 spiro atoms. The van der Waals surface area contributed by atoms with Crippen LogP contribution in [0.5, 0.6) is 5.75 Å². The summed E-state index contributed by atoms with van der Waals surface area (Å²) in [5.41, 5.74) is 8.52. The molecule has 34 heavy (non-hydrogen) atoms. The topological polar surface area (TPSA) is 102 Å². The number of halogens is 1. The van der Waals surface area contributed by atoms with Crippen LogP contribution in [0.1, 0.15) is 52.5 Å². The number of carboxylic acid groups (broad SMARTS) is 1. The summed E-state index contributed by atoms with van der Waals surface area (Å²) in [5.74, 6) is 0.394. The second-order valence-corrected chi connectivity index (χ2v) is 9.29. The van der Waals surface area contributed by atoms with Crippen molar-refractivity contribution in [1.29, 1.82) is 0 Å². The molecule has 8 heteroatoms. The van der Waals surface area contributed by atoms with Crippen LogP contribution in [-0.2, 0) is 12.8 Å². The number of aryl methyl sites for hydroxylation is 2. The highest BCUT2D eigenvalue weighted by Gasteiger charge is 2.29. The smallest absolute Gasteiger partial charge is 0.339 e. The second-order valence-electron chi connectivity index (χ2n) is 8.37. The number of aromatic nitrogens is 2. The zero-order chi connectivity index (χ0) is 23.9. The van der Waals surface area contributed by atoms with E-state index in [-0.39, 0.29) is 11.6 Å². The minimum absolute atomic E-state index is 0.157. The average molecular weight is 525 g/mol. The first-order valence-corrected chi connectivity index (χ1v) is 12.4. The van der Waals surface area contributed by atoms with Gasteiger partial charge < -0.3 is 20.5 Å². The summed E-state index contributed by atoms with van der Waals surface area (Å²) in [4.78, 5) is 23.2. The van der Waals surface area contributed by atoms with Gasteiger partial charge in [-0.1, -0.05) is 40.2 Å². The average Bonchev–Trinajstić information content (AvgIpc) is 3.34. The molecule has 3 aromatic rings. The van der Waals surface area contributed by atoms with E-state index < -0.39 is 5.97 Å². The Morgan fingerprint density at radius 1 is 1.15 bits per heavy atom. The third-order valence-corrected chi connectivity index (χ3v) is 6.57. The molecule has 3 N–H and O–H groups in total. The molecule has 1 aliphatic rings. The number of anilines is 1. The monoisotopic (exact) mass is 524 g/mol. The Morgan fingerprint density at radius 3 is 2.62 bits per heavy atom. The lowest BCUT2D eigenvalue weighted by Crippen LogP contribution is -2.25. The van der Waals surface area contributed by atoms with E-state index in [1.165, 1.54) is 11.8 Å². The van der Waals surface area contributed by atoms with Crippen molar-refractivity contribution in [2.24, 2.45) is 5.73 Å². The van der Waals surface area contributed by atoms with E-state index in [0.717, 1.165) is 41.6 Å². The summed E-state index contributed by atoms with van der Waals surface area (Å²) in [6, 6.07) is 16.4. The summed E-state index contributed by atoms with van der Waals surface area (Å²) in [7, 11) is 0. The van der Waals surface area contributed by atoms with Crippen LogP contribution in [0.2, 0.25) is 0 Å². The highest BCUT2D eigenvalue weighted by Crippen LogP contribution is 2.35. The molecule has 1 fully saturated rings. The number of aromatic carboxylic acids is 1. The number of carboxylic acids is 1. The maximum atomic E-state index is 11.8. The van der Waals surface area contributed by atoms with E-state index >= 15 is 0 Å². The molecule has 1 aliphatic heterocycles. The van der Waals surface area contributed by atoms with Crippen molar-refractivity contribution >= 4 is 27.8 Å². The highest BCUT2D eigenvalue weighted by molar-refractivity contribution is 9.10. The first kappa shape index (κ1) is 24.2. The number of carbonyl (C=O) groups is 1. The van der Waals surface area contributed by atoms with Crippen molar-refractivity contribution in [2.45, 2.75) is 38.1 Å². The summed E-state index contributed by atoms with van der Waals surface area (Å²) in [6.07, 6.45) is 5.51. The van der Waals surface area contributed by atoms with Crippen molar-refractivity contribution in [3.63, 3.8) is 0 Å². The fourth-order valence-electron chi connectivity index (χ4n) is 4.24. The van der Waals surface area contributed by atoms with Gasteiger partial charge in [-0.2, -0.15) is 0 Å². The molecule has 2 heterocycles. The van der Waals surface area contributed by atoms with Gasteiger partial charge in [-0.25, -0.2) is 14.8 Å². The van der Waals surface area contributed by atoms with Crippen LogP contribution in [0.15, 0.2) is 59.2 Å². The van der Waals surface area contributed by atoms with Crippen molar-refractivity contribution in [1.82, 2.24) is 9.97 Å². The number of benzene rings is 2. The SMILES string of the molecule is NCCCOc1ccc(CCc2nc(N3CCC[C@@H]3c3ccc(Br)cc3)ncc2C(=O)O)cc1. The van der Waals surface area contributed by atoms with E-state index in [0.29, 0.717) is 37.6 Å². The fourth-order valence-corrected chi connectivity index (χ4v) is 4.50. The van der Waals surface area contributed by atoms with Crippen molar-refractivity contribution < 1.29 is 14.6 Å². The van der Waals surface area contributed by atoms with E-state index in [2.05, 4.69) is 37.9 Å². The van der Waals surface area contributed by atoms with Crippen molar-refractivity contribution in [3.8, 4) is 5.75 Å². The molecule has 0 aliphatic carbocycles. The second kappa shape index (κ2) is 11.4. The first-order chi connectivity index (χ1) is 16.5. The summed E-state index contributed by atoms with van der Waals surface area (Å²) < 4.78 is 6.70. The van der Waals surface area contributed by atoms with E-state index in [1.54, 1.807) is 0 Å². The van der Waals surface area contributed by atoms with Gasteiger partial charge in [-0.3, -0.25) is 0 Å². The highest BCUT2D eigenvalue weighted by atomic mass is 79.9. The van der Waals surface area contributed by atoms with Gasteiger partial charge in [0.1, 0.15) is 5.75 Å². The first-order valence-electron chi connectivity index (χ1n) is 11.6. The van der Waals surface area contributed by atoms with Crippen LogP contribution in [0, 0.1) is 0 Å². The maximum Gasteiger partial charge on any atom is 0.339 e. The van der Waals surface area contributed by atoms with Gasteiger partial charge in [0.2, 0.25) is 5.95 Å². The molecule has 2 aromatic carbocycles. The van der Waals surface area contributed by atoms with Gasteiger partial charge in [0.05, 0.1) is 23.9 Å². The van der Waals surface area contributed by atoms with E-state index in [1.807, 2.05) is 36.4 Å². The molecule has 1 saturated heterocycles. The summed E-state index contributed by atoms with van der Waals surface area (Å²) in [5, 5.41) is 9.69. The minimum atomic E-state index is -1.00. The Kier molecular flexibility index (Phi) is 8.13. The zero-order valence-corrected chi connectivity index (χ0v) is 20.6. The van der Waals surface area contributed by atoms with Gasteiger partial charge in [-0.15, -0.1) is 0 Å². The molecule has 0 bridgehead atoms. The Labute approximate surface area is 208 Å². The van der Waals surface area contributed by atoms with Crippen LogP contribution in [-0.4, -0.2) is 40.7 Å². The Bertz CT molecular complexity index is 1110. The molecule has 1 atom stereocenters. The Hall–Kier alpha value is -2.97. The predicted octanol–water partition coefficient (Wildman–Crippen LogP) is 4.79. The normalized spacial score (nSPS) is 15.5.